The van der Waals surface area contributed by atoms with E-state index in [-0.39, 0.29) is 0 Å². The predicted octanol–water partition coefficient (Wildman–Crippen LogP) is 5.02. The fraction of sp³-hybridized carbons (Fsp3) is 0.588. The lowest BCUT2D eigenvalue weighted by Gasteiger charge is -2.30. The lowest BCUT2D eigenvalue weighted by molar-refractivity contribution is -0.123. The molecule has 0 amide bonds. The fourth-order valence-electron chi connectivity index (χ4n) is 3.08. The van der Waals surface area contributed by atoms with Gasteiger partial charge < -0.3 is 0 Å². The number of benzene rings is 1. The Morgan fingerprint density at radius 3 is 2.42 bits per heavy atom. The van der Waals surface area contributed by atoms with Crippen molar-refractivity contribution < 1.29 is 4.79 Å². The molecule has 0 spiro atoms. The van der Waals surface area contributed by atoms with Crippen LogP contribution in [0.2, 0.25) is 0 Å². The van der Waals surface area contributed by atoms with Crippen LogP contribution in [0.5, 0.6) is 0 Å². The highest BCUT2D eigenvalue weighted by molar-refractivity contribution is 9.10. The fourth-order valence-corrected chi connectivity index (χ4v) is 3.51. The molecule has 19 heavy (non-hydrogen) atoms. The van der Waals surface area contributed by atoms with Crippen LogP contribution in [-0.2, 0) is 11.2 Å². The largest absolute Gasteiger partial charge is 0.299 e. The molecule has 2 heteroatoms. The zero-order chi connectivity index (χ0) is 13.8. The van der Waals surface area contributed by atoms with Crippen LogP contribution in [0.15, 0.2) is 28.7 Å². The summed E-state index contributed by atoms with van der Waals surface area (Å²) in [7, 11) is 0. The van der Waals surface area contributed by atoms with Gasteiger partial charge in [-0.1, -0.05) is 48.0 Å². The average Bonchev–Trinajstić information content (AvgIpc) is 2.41. The van der Waals surface area contributed by atoms with E-state index in [2.05, 4.69) is 29.8 Å². The maximum absolute atomic E-state index is 12.4. The molecule has 1 aromatic carbocycles. The van der Waals surface area contributed by atoms with E-state index in [4.69, 9.17) is 0 Å². The van der Waals surface area contributed by atoms with Gasteiger partial charge in [0, 0.05) is 16.8 Å². The first-order chi connectivity index (χ1) is 9.08. The standard InChI is InChI=1S/C17H23BrO/c1-12(2)13-7-9-14(10-8-13)17(19)11-15-5-3-4-6-16(15)18/h3-6,12-14H,7-11H2,1-2H3. The zero-order valence-electron chi connectivity index (χ0n) is 11.9. The van der Waals surface area contributed by atoms with Gasteiger partial charge in [0.05, 0.1) is 0 Å². The molecule has 0 radical (unpaired) electrons. The molecule has 1 aromatic rings. The van der Waals surface area contributed by atoms with Gasteiger partial charge in [-0.2, -0.15) is 0 Å². The minimum atomic E-state index is 0.294. The van der Waals surface area contributed by atoms with Gasteiger partial charge >= 0.3 is 0 Å². The van der Waals surface area contributed by atoms with Crippen LogP contribution >= 0.6 is 15.9 Å². The molecule has 0 heterocycles. The number of carbonyl (C=O) groups excluding carboxylic acids is 1. The quantitative estimate of drug-likeness (QED) is 0.760. The number of hydrogen-bond donors (Lipinski definition) is 0. The van der Waals surface area contributed by atoms with Crippen molar-refractivity contribution in [2.45, 2.75) is 46.0 Å². The zero-order valence-corrected chi connectivity index (χ0v) is 13.4. The lowest BCUT2D eigenvalue weighted by Crippen LogP contribution is -2.25. The Morgan fingerprint density at radius 1 is 1.21 bits per heavy atom. The molecule has 0 atom stereocenters. The summed E-state index contributed by atoms with van der Waals surface area (Å²) < 4.78 is 1.05. The summed E-state index contributed by atoms with van der Waals surface area (Å²) in [5.74, 6) is 2.31. The molecule has 0 aliphatic heterocycles. The SMILES string of the molecule is CC(C)C1CCC(C(=O)Cc2ccccc2Br)CC1. The molecule has 1 aliphatic carbocycles. The van der Waals surface area contributed by atoms with Crippen LogP contribution < -0.4 is 0 Å². The first kappa shape index (κ1) is 14.8. The number of halogens is 1. The van der Waals surface area contributed by atoms with E-state index in [1.165, 1.54) is 12.8 Å². The Bertz CT molecular complexity index is 431. The molecule has 1 fully saturated rings. The van der Waals surface area contributed by atoms with Crippen LogP contribution in [0.1, 0.15) is 45.1 Å². The summed E-state index contributed by atoms with van der Waals surface area (Å²) in [6.07, 6.45) is 5.21. The second-order valence-electron chi connectivity index (χ2n) is 6.09. The summed E-state index contributed by atoms with van der Waals surface area (Å²) in [6, 6.07) is 8.05. The van der Waals surface area contributed by atoms with Crippen molar-refractivity contribution in [3.63, 3.8) is 0 Å². The monoisotopic (exact) mass is 322 g/mol. The molecule has 0 bridgehead atoms. The minimum absolute atomic E-state index is 0.294. The molecule has 0 N–H and O–H groups in total. The van der Waals surface area contributed by atoms with Crippen molar-refractivity contribution in [1.29, 1.82) is 0 Å². The van der Waals surface area contributed by atoms with Gasteiger partial charge in [-0.05, 0) is 49.1 Å². The molecule has 104 valence electrons. The Hall–Kier alpha value is -0.630. The van der Waals surface area contributed by atoms with E-state index in [9.17, 15) is 4.79 Å². The molecule has 1 saturated carbocycles. The van der Waals surface area contributed by atoms with Crippen molar-refractivity contribution in [1.82, 2.24) is 0 Å². The number of rotatable bonds is 4. The number of Topliss-reactive ketones (excluding diaryl/α,β-unsaturated/α-hetero) is 1. The Balaban J connectivity index is 1.90. The van der Waals surface area contributed by atoms with Gasteiger partial charge in [-0.3, -0.25) is 4.79 Å². The summed E-state index contributed by atoms with van der Waals surface area (Å²) >= 11 is 3.53. The minimum Gasteiger partial charge on any atom is -0.299 e. The van der Waals surface area contributed by atoms with Crippen LogP contribution in [0, 0.1) is 17.8 Å². The first-order valence-electron chi connectivity index (χ1n) is 7.34. The molecule has 1 nitrogen and oxygen atoms in total. The van der Waals surface area contributed by atoms with Crippen LogP contribution in [-0.4, -0.2) is 5.78 Å². The maximum Gasteiger partial charge on any atom is 0.140 e. The Kier molecular flexibility index (Phi) is 5.20. The molecule has 0 unspecified atom stereocenters. The van der Waals surface area contributed by atoms with E-state index in [1.54, 1.807) is 0 Å². The summed E-state index contributed by atoms with van der Waals surface area (Å²) in [5, 5.41) is 0. The molecule has 2 rings (SSSR count). The van der Waals surface area contributed by atoms with Crippen molar-refractivity contribution in [2.24, 2.45) is 17.8 Å². The second kappa shape index (κ2) is 6.69. The highest BCUT2D eigenvalue weighted by Crippen LogP contribution is 2.34. The van der Waals surface area contributed by atoms with Crippen LogP contribution in [0.3, 0.4) is 0 Å². The van der Waals surface area contributed by atoms with E-state index >= 15 is 0 Å². The summed E-state index contributed by atoms with van der Waals surface area (Å²) in [6.45, 7) is 4.60. The van der Waals surface area contributed by atoms with Gasteiger partial charge in [-0.15, -0.1) is 0 Å². The third-order valence-electron chi connectivity index (χ3n) is 4.49. The number of carbonyl (C=O) groups is 1. The van der Waals surface area contributed by atoms with Crippen LogP contribution in [0.25, 0.3) is 0 Å². The van der Waals surface area contributed by atoms with Gasteiger partial charge in [0.1, 0.15) is 5.78 Å². The Morgan fingerprint density at radius 2 is 1.84 bits per heavy atom. The summed E-state index contributed by atoms with van der Waals surface area (Å²) in [5.41, 5.74) is 1.12. The van der Waals surface area contributed by atoms with Gasteiger partial charge in [-0.25, -0.2) is 0 Å². The third kappa shape index (κ3) is 3.92. The van der Waals surface area contributed by atoms with E-state index in [0.717, 1.165) is 34.7 Å². The van der Waals surface area contributed by atoms with E-state index in [0.29, 0.717) is 18.1 Å². The maximum atomic E-state index is 12.4. The predicted molar refractivity (Wildman–Crippen MR) is 83.1 cm³/mol. The Labute approximate surface area is 124 Å². The normalized spacial score (nSPS) is 23.6. The molecule has 0 saturated heterocycles. The lowest BCUT2D eigenvalue weighted by atomic mass is 9.75. The van der Waals surface area contributed by atoms with Gasteiger partial charge in [0.15, 0.2) is 0 Å². The second-order valence-corrected chi connectivity index (χ2v) is 6.94. The molecule has 0 aromatic heterocycles. The highest BCUT2D eigenvalue weighted by atomic mass is 79.9. The molecule has 1 aliphatic rings. The van der Waals surface area contributed by atoms with Crippen molar-refractivity contribution in [3.05, 3.63) is 34.3 Å². The third-order valence-corrected chi connectivity index (χ3v) is 5.27. The molecular weight excluding hydrogens is 300 g/mol. The smallest absolute Gasteiger partial charge is 0.140 e. The molecular formula is C17H23BrO. The van der Waals surface area contributed by atoms with E-state index < -0.39 is 0 Å². The number of hydrogen-bond acceptors (Lipinski definition) is 1. The number of ketones is 1. The van der Waals surface area contributed by atoms with Gasteiger partial charge in [0.25, 0.3) is 0 Å². The first-order valence-corrected chi connectivity index (χ1v) is 8.13. The van der Waals surface area contributed by atoms with Crippen LogP contribution in [0.4, 0.5) is 0 Å². The van der Waals surface area contributed by atoms with E-state index in [1.807, 2.05) is 24.3 Å². The van der Waals surface area contributed by atoms with Crippen molar-refractivity contribution in [3.8, 4) is 0 Å². The average molecular weight is 323 g/mol. The van der Waals surface area contributed by atoms with Gasteiger partial charge in [0.2, 0.25) is 0 Å². The summed E-state index contributed by atoms with van der Waals surface area (Å²) in [4.78, 5) is 12.4. The van der Waals surface area contributed by atoms with Crippen molar-refractivity contribution >= 4 is 21.7 Å². The van der Waals surface area contributed by atoms with Crippen molar-refractivity contribution in [2.75, 3.05) is 0 Å². The topological polar surface area (TPSA) is 17.1 Å². The highest BCUT2D eigenvalue weighted by Gasteiger charge is 2.27.